The van der Waals surface area contributed by atoms with E-state index in [1.807, 2.05) is 36.4 Å². The van der Waals surface area contributed by atoms with Crippen LogP contribution in [0.4, 0.5) is 4.39 Å². The minimum absolute atomic E-state index is 0.0719. The van der Waals surface area contributed by atoms with E-state index in [1.54, 1.807) is 22.7 Å². The first-order chi connectivity index (χ1) is 14.2. The number of thioether (sulfide) groups is 1. The van der Waals surface area contributed by atoms with Crippen molar-refractivity contribution in [2.45, 2.75) is 11.6 Å². The number of rotatable bonds is 7. The van der Waals surface area contributed by atoms with Crippen LogP contribution in [0.1, 0.15) is 5.56 Å². The molecule has 4 aromatic rings. The average Bonchev–Trinajstić information content (AvgIpc) is 3.16. The van der Waals surface area contributed by atoms with Crippen molar-refractivity contribution < 1.29 is 9.18 Å². The molecule has 0 radical (unpaired) electrons. The van der Waals surface area contributed by atoms with Crippen LogP contribution in [0, 0.1) is 5.82 Å². The van der Waals surface area contributed by atoms with E-state index in [9.17, 15) is 9.18 Å². The van der Waals surface area contributed by atoms with E-state index in [4.69, 9.17) is 0 Å². The summed E-state index contributed by atoms with van der Waals surface area (Å²) in [5.74, 6) is -0.149. The number of aromatic nitrogens is 4. The van der Waals surface area contributed by atoms with E-state index in [0.717, 1.165) is 12.0 Å². The summed E-state index contributed by atoms with van der Waals surface area (Å²) in [6, 6.07) is 19.7. The van der Waals surface area contributed by atoms with Crippen molar-refractivity contribution in [1.29, 1.82) is 0 Å². The molecule has 0 bridgehead atoms. The highest BCUT2D eigenvalue weighted by Crippen LogP contribution is 2.20. The van der Waals surface area contributed by atoms with Gasteiger partial charge >= 0.3 is 0 Å². The third-order valence-corrected chi connectivity index (χ3v) is 5.20. The fourth-order valence-corrected chi connectivity index (χ4v) is 3.52. The zero-order valence-corrected chi connectivity index (χ0v) is 16.3. The van der Waals surface area contributed by atoms with Gasteiger partial charge < -0.3 is 5.32 Å². The number of carbonyl (C=O) groups is 1. The molecule has 0 aliphatic heterocycles. The number of hydrogen-bond donors (Lipinski definition) is 1. The minimum Gasteiger partial charge on any atom is -0.355 e. The summed E-state index contributed by atoms with van der Waals surface area (Å²) >= 11 is 1.27. The Labute approximate surface area is 171 Å². The van der Waals surface area contributed by atoms with Gasteiger partial charge in [-0.05, 0) is 48.4 Å². The van der Waals surface area contributed by atoms with E-state index in [-0.39, 0.29) is 17.5 Å². The molecule has 1 N–H and O–H groups in total. The van der Waals surface area contributed by atoms with E-state index in [1.165, 1.54) is 29.5 Å². The maximum absolute atomic E-state index is 13.1. The molecule has 0 saturated carbocycles. The molecule has 2 aromatic heterocycles. The van der Waals surface area contributed by atoms with E-state index < -0.39 is 0 Å². The third kappa shape index (κ3) is 4.78. The van der Waals surface area contributed by atoms with Crippen molar-refractivity contribution >= 4 is 23.3 Å². The summed E-state index contributed by atoms with van der Waals surface area (Å²) in [6.07, 6.45) is 0.785. The van der Waals surface area contributed by atoms with E-state index in [2.05, 4.69) is 20.6 Å². The highest BCUT2D eigenvalue weighted by molar-refractivity contribution is 7.99. The second kappa shape index (κ2) is 8.83. The van der Waals surface area contributed by atoms with Crippen molar-refractivity contribution in [2.75, 3.05) is 12.3 Å². The number of carbonyl (C=O) groups excluding carboxylic acids is 1. The number of fused-ring (bicyclic) bond motifs is 1. The quantitative estimate of drug-likeness (QED) is 0.476. The SMILES string of the molecule is O=C(CSc1nnc2ccc(-c3ccc(F)cc3)nn12)NCCc1ccccc1. The van der Waals surface area contributed by atoms with Gasteiger partial charge in [-0.3, -0.25) is 4.79 Å². The first-order valence-electron chi connectivity index (χ1n) is 9.11. The van der Waals surface area contributed by atoms with Gasteiger partial charge in [0, 0.05) is 12.1 Å². The third-order valence-electron chi connectivity index (χ3n) is 4.29. The first kappa shape index (κ1) is 19.1. The van der Waals surface area contributed by atoms with Crippen LogP contribution in [0.3, 0.4) is 0 Å². The van der Waals surface area contributed by atoms with Gasteiger partial charge in [0.15, 0.2) is 5.65 Å². The molecule has 0 spiro atoms. The molecule has 0 atom stereocenters. The normalized spacial score (nSPS) is 10.9. The van der Waals surface area contributed by atoms with Crippen molar-refractivity contribution in [1.82, 2.24) is 25.1 Å². The number of benzene rings is 2. The molecule has 0 aliphatic carbocycles. The van der Waals surface area contributed by atoms with Crippen LogP contribution < -0.4 is 5.32 Å². The predicted octanol–water partition coefficient (Wildman–Crippen LogP) is 3.38. The Hall–Kier alpha value is -3.26. The van der Waals surface area contributed by atoms with Crippen molar-refractivity contribution in [3.63, 3.8) is 0 Å². The molecular formula is C21H18FN5OS. The Bertz CT molecular complexity index is 1120. The van der Waals surface area contributed by atoms with Gasteiger partial charge in [0.1, 0.15) is 5.82 Å². The van der Waals surface area contributed by atoms with Crippen LogP contribution in [0.2, 0.25) is 0 Å². The standard InChI is InChI=1S/C21H18FN5OS/c22-17-8-6-16(7-9-17)18-10-11-19-24-25-21(27(19)26-18)29-14-20(28)23-13-12-15-4-2-1-3-5-15/h1-11H,12-14H2,(H,23,28). The largest absolute Gasteiger partial charge is 0.355 e. The second-order valence-electron chi connectivity index (χ2n) is 6.35. The molecule has 0 fully saturated rings. The Morgan fingerprint density at radius 3 is 2.59 bits per heavy atom. The Morgan fingerprint density at radius 1 is 1.00 bits per heavy atom. The maximum Gasteiger partial charge on any atom is 0.230 e. The Balaban J connectivity index is 1.38. The maximum atomic E-state index is 13.1. The van der Waals surface area contributed by atoms with Gasteiger partial charge in [-0.15, -0.1) is 10.2 Å². The molecule has 8 heteroatoms. The topological polar surface area (TPSA) is 72.2 Å². The molecule has 4 rings (SSSR count). The van der Waals surface area contributed by atoms with Gasteiger partial charge in [0.2, 0.25) is 11.1 Å². The molecule has 2 aromatic carbocycles. The molecule has 0 saturated heterocycles. The van der Waals surface area contributed by atoms with E-state index >= 15 is 0 Å². The number of nitrogens with zero attached hydrogens (tertiary/aromatic N) is 4. The number of hydrogen-bond acceptors (Lipinski definition) is 5. The zero-order chi connectivity index (χ0) is 20.1. The fraction of sp³-hybridized carbons (Fsp3) is 0.143. The van der Waals surface area contributed by atoms with Crippen LogP contribution in [0.5, 0.6) is 0 Å². The monoisotopic (exact) mass is 407 g/mol. The molecule has 29 heavy (non-hydrogen) atoms. The molecule has 1 amide bonds. The van der Waals surface area contributed by atoms with Crippen LogP contribution in [0.15, 0.2) is 71.9 Å². The van der Waals surface area contributed by atoms with Crippen molar-refractivity contribution in [3.8, 4) is 11.3 Å². The summed E-state index contributed by atoms with van der Waals surface area (Å²) in [5, 5.41) is 16.2. The summed E-state index contributed by atoms with van der Waals surface area (Å²) in [4.78, 5) is 12.1. The summed E-state index contributed by atoms with van der Waals surface area (Å²) in [6.45, 7) is 0.580. The minimum atomic E-state index is -0.298. The highest BCUT2D eigenvalue weighted by Gasteiger charge is 2.11. The molecular weight excluding hydrogens is 389 g/mol. The molecule has 6 nitrogen and oxygen atoms in total. The predicted molar refractivity (Wildman–Crippen MR) is 110 cm³/mol. The smallest absolute Gasteiger partial charge is 0.230 e. The highest BCUT2D eigenvalue weighted by atomic mass is 32.2. The van der Waals surface area contributed by atoms with Crippen LogP contribution in [0.25, 0.3) is 16.9 Å². The second-order valence-corrected chi connectivity index (χ2v) is 7.29. The van der Waals surface area contributed by atoms with Gasteiger partial charge in [0.05, 0.1) is 11.4 Å². The summed E-state index contributed by atoms with van der Waals surface area (Å²) in [5.41, 5.74) is 3.23. The van der Waals surface area contributed by atoms with Crippen LogP contribution >= 0.6 is 11.8 Å². The lowest BCUT2D eigenvalue weighted by atomic mass is 10.1. The number of nitrogens with one attached hydrogen (secondary N) is 1. The van der Waals surface area contributed by atoms with Gasteiger partial charge in [-0.2, -0.15) is 9.61 Å². The lowest BCUT2D eigenvalue weighted by Crippen LogP contribution is -2.27. The first-order valence-corrected chi connectivity index (χ1v) is 10.1. The Morgan fingerprint density at radius 2 is 1.79 bits per heavy atom. The zero-order valence-electron chi connectivity index (χ0n) is 15.5. The summed E-state index contributed by atoms with van der Waals surface area (Å²) in [7, 11) is 0. The lowest BCUT2D eigenvalue weighted by molar-refractivity contribution is -0.118. The van der Waals surface area contributed by atoms with Crippen molar-refractivity contribution in [3.05, 3.63) is 78.1 Å². The molecule has 0 aliphatic rings. The molecule has 146 valence electrons. The van der Waals surface area contributed by atoms with Crippen LogP contribution in [-0.4, -0.2) is 38.0 Å². The fourth-order valence-electron chi connectivity index (χ4n) is 2.81. The number of halogens is 1. The van der Waals surface area contributed by atoms with Gasteiger partial charge in [-0.25, -0.2) is 4.39 Å². The number of amides is 1. The van der Waals surface area contributed by atoms with Crippen molar-refractivity contribution in [2.24, 2.45) is 0 Å². The average molecular weight is 407 g/mol. The van der Waals surface area contributed by atoms with E-state index in [0.29, 0.717) is 23.0 Å². The molecule has 2 heterocycles. The summed E-state index contributed by atoms with van der Waals surface area (Å²) < 4.78 is 14.7. The van der Waals surface area contributed by atoms with Crippen LogP contribution in [-0.2, 0) is 11.2 Å². The van der Waals surface area contributed by atoms with Gasteiger partial charge in [-0.1, -0.05) is 42.1 Å². The lowest BCUT2D eigenvalue weighted by Gasteiger charge is -2.05. The van der Waals surface area contributed by atoms with Gasteiger partial charge in [0.25, 0.3) is 0 Å². The Kier molecular flexibility index (Phi) is 5.81. The molecule has 0 unspecified atom stereocenters.